The van der Waals surface area contributed by atoms with Gasteiger partial charge < -0.3 is 4.74 Å². The summed E-state index contributed by atoms with van der Waals surface area (Å²) in [6.45, 7) is 0. The van der Waals surface area contributed by atoms with Gasteiger partial charge in [-0.05, 0) is 23.3 Å². The van der Waals surface area contributed by atoms with Crippen molar-refractivity contribution in [1.29, 1.82) is 0 Å². The Bertz CT molecular complexity index is 543. The van der Waals surface area contributed by atoms with E-state index in [1.54, 1.807) is 7.11 Å². The van der Waals surface area contributed by atoms with Crippen LogP contribution >= 0.6 is 0 Å². The van der Waals surface area contributed by atoms with Gasteiger partial charge >= 0.3 is 0 Å². The Kier molecular flexibility index (Phi) is 2.89. The second kappa shape index (κ2) is 4.69. The van der Waals surface area contributed by atoms with Crippen molar-refractivity contribution in [2.75, 3.05) is 7.11 Å². The van der Waals surface area contributed by atoms with Gasteiger partial charge in [0.1, 0.15) is 5.75 Å². The molecular weight excluding hydrogens is 220 g/mol. The van der Waals surface area contributed by atoms with Gasteiger partial charge in [0.15, 0.2) is 0 Å². The third-order valence-electron chi connectivity index (χ3n) is 3.57. The maximum Gasteiger partial charge on any atom is 0.118 e. The van der Waals surface area contributed by atoms with Crippen LogP contribution in [0.2, 0.25) is 0 Å². The fraction of sp³-hybridized carbons (Fsp3) is 0.176. The standard InChI is InChI=1S/C17H16O/c1-18-15-11-9-14(10-12-15)17-8-4-6-13-5-2-3-7-16(13)17/h2-13,16H,1H3. The minimum absolute atomic E-state index is 0.466. The van der Waals surface area contributed by atoms with E-state index >= 15 is 0 Å². The van der Waals surface area contributed by atoms with E-state index in [4.69, 9.17) is 4.74 Å². The van der Waals surface area contributed by atoms with Crippen molar-refractivity contribution < 1.29 is 4.74 Å². The molecule has 3 rings (SSSR count). The van der Waals surface area contributed by atoms with Crippen LogP contribution < -0.4 is 4.74 Å². The zero-order chi connectivity index (χ0) is 12.4. The van der Waals surface area contributed by atoms with E-state index in [1.807, 2.05) is 12.1 Å². The highest BCUT2D eigenvalue weighted by atomic mass is 16.5. The summed E-state index contributed by atoms with van der Waals surface area (Å²) in [5, 5.41) is 0. The Morgan fingerprint density at radius 3 is 2.39 bits per heavy atom. The predicted molar refractivity (Wildman–Crippen MR) is 75.4 cm³/mol. The van der Waals surface area contributed by atoms with Gasteiger partial charge in [0.05, 0.1) is 7.11 Å². The Balaban J connectivity index is 1.95. The highest BCUT2D eigenvalue weighted by Gasteiger charge is 2.23. The van der Waals surface area contributed by atoms with Crippen LogP contribution in [-0.2, 0) is 0 Å². The zero-order valence-electron chi connectivity index (χ0n) is 10.4. The summed E-state index contributed by atoms with van der Waals surface area (Å²) in [6, 6.07) is 8.30. The maximum atomic E-state index is 5.20. The molecular formula is C17H16O. The van der Waals surface area contributed by atoms with Gasteiger partial charge in [-0.25, -0.2) is 0 Å². The minimum Gasteiger partial charge on any atom is -0.497 e. The summed E-state index contributed by atoms with van der Waals surface area (Å²) < 4.78 is 5.20. The van der Waals surface area contributed by atoms with Crippen molar-refractivity contribution >= 4 is 5.57 Å². The normalized spacial score (nSPS) is 24.6. The average Bonchev–Trinajstić information content (AvgIpc) is 2.47. The molecule has 1 aromatic rings. The molecule has 0 spiro atoms. The second-order valence-corrected chi connectivity index (χ2v) is 4.61. The molecule has 0 N–H and O–H groups in total. The minimum atomic E-state index is 0.466. The molecule has 0 aliphatic heterocycles. The Morgan fingerprint density at radius 2 is 1.61 bits per heavy atom. The third kappa shape index (κ3) is 1.92. The molecule has 2 aliphatic rings. The van der Waals surface area contributed by atoms with Crippen LogP contribution in [0.1, 0.15) is 5.56 Å². The number of ether oxygens (including phenoxy) is 1. The molecule has 1 heteroatoms. The lowest BCUT2D eigenvalue weighted by atomic mass is 9.77. The number of allylic oxidation sites excluding steroid dienone is 8. The maximum absolute atomic E-state index is 5.20. The van der Waals surface area contributed by atoms with Crippen molar-refractivity contribution in [3.05, 3.63) is 72.4 Å². The first kappa shape index (κ1) is 11.1. The fourth-order valence-corrected chi connectivity index (χ4v) is 2.59. The van der Waals surface area contributed by atoms with E-state index in [0.29, 0.717) is 11.8 Å². The molecule has 2 aliphatic carbocycles. The summed E-state index contributed by atoms with van der Waals surface area (Å²) in [4.78, 5) is 0. The molecule has 0 fully saturated rings. The van der Waals surface area contributed by atoms with Gasteiger partial charge in [-0.2, -0.15) is 0 Å². The Labute approximate surface area is 108 Å². The van der Waals surface area contributed by atoms with E-state index < -0.39 is 0 Å². The number of fused-ring (bicyclic) bond motifs is 1. The van der Waals surface area contributed by atoms with E-state index in [1.165, 1.54) is 11.1 Å². The number of rotatable bonds is 2. The van der Waals surface area contributed by atoms with E-state index in [0.717, 1.165) is 5.75 Å². The zero-order valence-corrected chi connectivity index (χ0v) is 10.4. The predicted octanol–water partition coefficient (Wildman–Crippen LogP) is 4.01. The third-order valence-corrected chi connectivity index (χ3v) is 3.57. The van der Waals surface area contributed by atoms with Crippen LogP contribution in [-0.4, -0.2) is 7.11 Å². The second-order valence-electron chi connectivity index (χ2n) is 4.61. The van der Waals surface area contributed by atoms with Crippen molar-refractivity contribution in [2.45, 2.75) is 0 Å². The highest BCUT2D eigenvalue weighted by Crippen LogP contribution is 2.37. The van der Waals surface area contributed by atoms with Gasteiger partial charge in [0.25, 0.3) is 0 Å². The topological polar surface area (TPSA) is 9.23 Å². The first-order valence-electron chi connectivity index (χ1n) is 6.26. The largest absolute Gasteiger partial charge is 0.497 e. The molecule has 1 nitrogen and oxygen atoms in total. The number of methoxy groups -OCH3 is 1. The Morgan fingerprint density at radius 1 is 0.889 bits per heavy atom. The van der Waals surface area contributed by atoms with Crippen LogP contribution in [0.4, 0.5) is 0 Å². The first-order chi connectivity index (χ1) is 8.88. The molecule has 0 radical (unpaired) electrons. The molecule has 2 atom stereocenters. The van der Waals surface area contributed by atoms with Crippen molar-refractivity contribution in [3.8, 4) is 5.75 Å². The fourth-order valence-electron chi connectivity index (χ4n) is 2.59. The van der Waals surface area contributed by atoms with E-state index in [2.05, 4.69) is 54.7 Å². The van der Waals surface area contributed by atoms with Crippen LogP contribution in [0.3, 0.4) is 0 Å². The lowest BCUT2D eigenvalue weighted by Gasteiger charge is -2.27. The quantitative estimate of drug-likeness (QED) is 0.754. The average molecular weight is 236 g/mol. The van der Waals surface area contributed by atoms with Crippen LogP contribution in [0.5, 0.6) is 5.75 Å². The monoisotopic (exact) mass is 236 g/mol. The summed E-state index contributed by atoms with van der Waals surface area (Å²) in [6.07, 6.45) is 15.4. The molecule has 0 amide bonds. The number of hydrogen-bond donors (Lipinski definition) is 0. The lowest BCUT2D eigenvalue weighted by Crippen LogP contribution is -2.14. The molecule has 90 valence electrons. The SMILES string of the molecule is COc1ccc(C2=CC=CC3C=CC=CC23)cc1. The van der Waals surface area contributed by atoms with E-state index in [-0.39, 0.29) is 0 Å². The smallest absolute Gasteiger partial charge is 0.118 e. The molecule has 1 aromatic carbocycles. The molecule has 0 heterocycles. The summed E-state index contributed by atoms with van der Waals surface area (Å²) >= 11 is 0. The van der Waals surface area contributed by atoms with Crippen LogP contribution in [0, 0.1) is 11.8 Å². The summed E-state index contributed by atoms with van der Waals surface area (Å²) in [5.74, 6) is 1.87. The molecule has 0 aromatic heterocycles. The van der Waals surface area contributed by atoms with Gasteiger partial charge in [0.2, 0.25) is 0 Å². The van der Waals surface area contributed by atoms with Crippen LogP contribution in [0.25, 0.3) is 5.57 Å². The molecule has 18 heavy (non-hydrogen) atoms. The van der Waals surface area contributed by atoms with Crippen molar-refractivity contribution in [1.82, 2.24) is 0 Å². The van der Waals surface area contributed by atoms with Crippen molar-refractivity contribution in [2.24, 2.45) is 11.8 Å². The summed E-state index contributed by atoms with van der Waals surface area (Å²) in [5.41, 5.74) is 2.65. The number of hydrogen-bond acceptors (Lipinski definition) is 1. The first-order valence-corrected chi connectivity index (χ1v) is 6.26. The van der Waals surface area contributed by atoms with Crippen molar-refractivity contribution in [3.63, 3.8) is 0 Å². The van der Waals surface area contributed by atoms with E-state index in [9.17, 15) is 0 Å². The molecule has 0 saturated heterocycles. The number of benzene rings is 1. The molecule has 0 bridgehead atoms. The Hall–Kier alpha value is -2.02. The van der Waals surface area contributed by atoms with Gasteiger partial charge in [-0.3, -0.25) is 0 Å². The van der Waals surface area contributed by atoms with Gasteiger partial charge in [0, 0.05) is 11.8 Å². The lowest BCUT2D eigenvalue weighted by molar-refractivity contribution is 0.415. The molecule has 0 saturated carbocycles. The highest BCUT2D eigenvalue weighted by molar-refractivity contribution is 5.73. The van der Waals surface area contributed by atoms with Crippen LogP contribution in [0.15, 0.2) is 66.8 Å². The summed E-state index contributed by atoms with van der Waals surface area (Å²) in [7, 11) is 1.70. The van der Waals surface area contributed by atoms with Gasteiger partial charge in [-0.15, -0.1) is 0 Å². The molecule has 2 unspecified atom stereocenters. The van der Waals surface area contributed by atoms with Gasteiger partial charge in [-0.1, -0.05) is 54.7 Å².